The molecular weight excluding hydrogens is 234 g/mol. The number of carbonyl (C=O) groups excluding carboxylic acids is 1. The molecule has 0 aromatic carbocycles. The van der Waals surface area contributed by atoms with Crippen LogP contribution in [0, 0.1) is 5.92 Å². The molecule has 5 nitrogen and oxygen atoms in total. The molecule has 0 aliphatic heterocycles. The Morgan fingerprint density at radius 1 is 1.28 bits per heavy atom. The van der Waals surface area contributed by atoms with Crippen LogP contribution in [0.25, 0.3) is 0 Å². The van der Waals surface area contributed by atoms with Crippen molar-refractivity contribution in [1.82, 2.24) is 4.90 Å². The summed E-state index contributed by atoms with van der Waals surface area (Å²) < 4.78 is 5.24. The van der Waals surface area contributed by atoms with Crippen LogP contribution < -0.4 is 0 Å². The molecule has 0 fully saturated rings. The molecule has 0 saturated carbocycles. The van der Waals surface area contributed by atoms with Crippen LogP contribution >= 0.6 is 0 Å². The van der Waals surface area contributed by atoms with Gasteiger partial charge in [-0.2, -0.15) is 0 Å². The van der Waals surface area contributed by atoms with Crippen molar-refractivity contribution < 1.29 is 19.4 Å². The van der Waals surface area contributed by atoms with E-state index in [4.69, 9.17) is 9.84 Å². The summed E-state index contributed by atoms with van der Waals surface area (Å²) in [5.74, 6) is -0.588. The van der Waals surface area contributed by atoms with E-state index in [2.05, 4.69) is 0 Å². The highest BCUT2D eigenvalue weighted by Crippen LogP contribution is 2.17. The standard InChI is InChI=1S/C13H25NO4/c1-9(2)7-10(8-11(15)16)14(6)12(17)18-13(3,4)5/h9-10H,7-8H2,1-6H3,(H,15,16)/t10-/m1/s1. The zero-order valence-corrected chi connectivity index (χ0v) is 12.2. The van der Waals surface area contributed by atoms with Gasteiger partial charge in [-0.3, -0.25) is 4.79 Å². The van der Waals surface area contributed by atoms with Crippen LogP contribution in [0.3, 0.4) is 0 Å². The van der Waals surface area contributed by atoms with Crippen molar-refractivity contribution in [3.05, 3.63) is 0 Å². The van der Waals surface area contributed by atoms with Crippen LogP contribution in [0.2, 0.25) is 0 Å². The van der Waals surface area contributed by atoms with Crippen molar-refractivity contribution in [2.75, 3.05) is 7.05 Å². The first-order chi connectivity index (χ1) is 8.03. The van der Waals surface area contributed by atoms with Crippen molar-refractivity contribution in [3.63, 3.8) is 0 Å². The van der Waals surface area contributed by atoms with Gasteiger partial charge in [0.2, 0.25) is 0 Å². The van der Waals surface area contributed by atoms with E-state index >= 15 is 0 Å². The molecule has 1 N–H and O–H groups in total. The Morgan fingerprint density at radius 2 is 1.78 bits per heavy atom. The Hall–Kier alpha value is -1.26. The lowest BCUT2D eigenvalue weighted by atomic mass is 10.0. The number of aliphatic carboxylic acids is 1. The lowest BCUT2D eigenvalue weighted by Crippen LogP contribution is -2.42. The number of amides is 1. The molecule has 0 saturated heterocycles. The molecule has 5 heteroatoms. The highest BCUT2D eigenvalue weighted by Gasteiger charge is 2.27. The largest absolute Gasteiger partial charge is 0.481 e. The molecule has 0 radical (unpaired) electrons. The van der Waals surface area contributed by atoms with Gasteiger partial charge in [-0.05, 0) is 33.1 Å². The van der Waals surface area contributed by atoms with Crippen LogP contribution in [-0.2, 0) is 9.53 Å². The molecule has 0 bridgehead atoms. The number of carboxylic acid groups (broad SMARTS) is 1. The summed E-state index contributed by atoms with van der Waals surface area (Å²) in [5.41, 5.74) is -0.572. The maximum Gasteiger partial charge on any atom is 0.410 e. The Morgan fingerprint density at radius 3 is 2.11 bits per heavy atom. The fraction of sp³-hybridized carbons (Fsp3) is 0.846. The van der Waals surface area contributed by atoms with Crippen molar-refractivity contribution in [3.8, 4) is 0 Å². The fourth-order valence-electron chi connectivity index (χ4n) is 1.61. The maximum atomic E-state index is 11.9. The van der Waals surface area contributed by atoms with Gasteiger partial charge in [0, 0.05) is 13.1 Å². The van der Waals surface area contributed by atoms with Gasteiger partial charge >= 0.3 is 12.1 Å². The third kappa shape index (κ3) is 7.14. The molecule has 1 atom stereocenters. The quantitative estimate of drug-likeness (QED) is 0.824. The van der Waals surface area contributed by atoms with Gasteiger partial charge in [-0.15, -0.1) is 0 Å². The Bertz CT molecular complexity index is 294. The normalized spacial score (nSPS) is 13.3. The third-order valence-electron chi connectivity index (χ3n) is 2.38. The molecule has 0 aliphatic carbocycles. The average molecular weight is 259 g/mol. The van der Waals surface area contributed by atoms with Gasteiger partial charge in [0.1, 0.15) is 5.60 Å². The fourth-order valence-corrected chi connectivity index (χ4v) is 1.61. The van der Waals surface area contributed by atoms with E-state index in [0.717, 1.165) is 0 Å². The first-order valence-corrected chi connectivity index (χ1v) is 6.20. The van der Waals surface area contributed by atoms with E-state index in [9.17, 15) is 9.59 Å². The van der Waals surface area contributed by atoms with Crippen LogP contribution in [0.4, 0.5) is 4.79 Å². The minimum Gasteiger partial charge on any atom is -0.481 e. The smallest absolute Gasteiger partial charge is 0.410 e. The second-order valence-corrected chi connectivity index (χ2v) is 5.97. The highest BCUT2D eigenvalue weighted by molar-refractivity contribution is 5.71. The zero-order chi connectivity index (χ0) is 14.5. The minimum absolute atomic E-state index is 0.0616. The predicted octanol–water partition coefficient (Wildman–Crippen LogP) is 2.74. The highest BCUT2D eigenvalue weighted by atomic mass is 16.6. The summed E-state index contributed by atoms with van der Waals surface area (Å²) in [6.45, 7) is 9.35. The molecule has 0 heterocycles. The number of ether oxygens (including phenoxy) is 1. The van der Waals surface area contributed by atoms with Gasteiger partial charge in [-0.25, -0.2) is 4.79 Å². The summed E-state index contributed by atoms with van der Waals surface area (Å²) in [6, 6.07) is -0.336. The van der Waals surface area contributed by atoms with Crippen LogP contribution in [0.1, 0.15) is 47.5 Å². The van der Waals surface area contributed by atoms with Gasteiger partial charge in [0.15, 0.2) is 0 Å². The van der Waals surface area contributed by atoms with Gasteiger partial charge in [0.25, 0.3) is 0 Å². The maximum absolute atomic E-state index is 11.9. The molecule has 0 aliphatic rings. The number of hydrogen-bond acceptors (Lipinski definition) is 3. The zero-order valence-electron chi connectivity index (χ0n) is 12.2. The van der Waals surface area contributed by atoms with Crippen LogP contribution in [0.15, 0.2) is 0 Å². The molecule has 18 heavy (non-hydrogen) atoms. The number of carbonyl (C=O) groups is 2. The Labute approximate surface area is 109 Å². The molecule has 106 valence electrons. The lowest BCUT2D eigenvalue weighted by molar-refractivity contribution is -0.138. The SMILES string of the molecule is CC(C)C[C@H](CC(=O)O)N(C)C(=O)OC(C)(C)C. The first-order valence-electron chi connectivity index (χ1n) is 6.20. The topological polar surface area (TPSA) is 66.8 Å². The average Bonchev–Trinajstić information content (AvgIpc) is 2.11. The van der Waals surface area contributed by atoms with E-state index in [0.29, 0.717) is 12.3 Å². The van der Waals surface area contributed by atoms with Crippen molar-refractivity contribution in [2.45, 2.75) is 59.1 Å². The van der Waals surface area contributed by atoms with E-state index in [1.807, 2.05) is 13.8 Å². The second-order valence-electron chi connectivity index (χ2n) is 5.97. The van der Waals surface area contributed by atoms with Gasteiger partial charge in [0.05, 0.1) is 6.42 Å². The van der Waals surface area contributed by atoms with Crippen LogP contribution in [0.5, 0.6) is 0 Å². The van der Waals surface area contributed by atoms with Crippen molar-refractivity contribution in [2.24, 2.45) is 5.92 Å². The summed E-state index contributed by atoms with van der Waals surface area (Å²) in [7, 11) is 1.59. The summed E-state index contributed by atoms with van der Waals surface area (Å²) in [6.07, 6.45) is 0.102. The van der Waals surface area contributed by atoms with Gasteiger partial charge in [-0.1, -0.05) is 13.8 Å². The van der Waals surface area contributed by atoms with Crippen molar-refractivity contribution >= 4 is 12.1 Å². The predicted molar refractivity (Wildman–Crippen MR) is 69.5 cm³/mol. The van der Waals surface area contributed by atoms with E-state index < -0.39 is 17.7 Å². The molecule has 0 unspecified atom stereocenters. The third-order valence-corrected chi connectivity index (χ3v) is 2.38. The van der Waals surface area contributed by atoms with Crippen LogP contribution in [-0.4, -0.2) is 40.8 Å². The van der Waals surface area contributed by atoms with E-state index in [1.54, 1.807) is 27.8 Å². The molecule has 0 aromatic rings. The summed E-state index contributed by atoms with van der Waals surface area (Å²) in [4.78, 5) is 24.1. The number of carboxylic acids is 1. The molecule has 0 rings (SSSR count). The Kier molecular flexibility index (Phi) is 6.15. The number of rotatable bonds is 5. The monoisotopic (exact) mass is 259 g/mol. The number of nitrogens with zero attached hydrogens (tertiary/aromatic N) is 1. The molecule has 0 aromatic heterocycles. The summed E-state index contributed by atoms with van der Waals surface area (Å²) >= 11 is 0. The second kappa shape index (κ2) is 6.61. The Balaban J connectivity index is 4.67. The van der Waals surface area contributed by atoms with Gasteiger partial charge < -0.3 is 14.7 Å². The minimum atomic E-state index is -0.906. The van der Waals surface area contributed by atoms with E-state index in [-0.39, 0.29) is 12.5 Å². The lowest BCUT2D eigenvalue weighted by Gasteiger charge is -2.30. The van der Waals surface area contributed by atoms with Crippen molar-refractivity contribution in [1.29, 1.82) is 0 Å². The molecule has 0 spiro atoms. The number of hydrogen-bond donors (Lipinski definition) is 1. The first kappa shape index (κ1) is 16.7. The summed E-state index contributed by atoms with van der Waals surface area (Å²) in [5, 5.41) is 8.88. The molecular formula is C13H25NO4. The van der Waals surface area contributed by atoms with E-state index in [1.165, 1.54) is 4.90 Å². The molecule has 1 amide bonds.